The molecule has 0 aliphatic heterocycles. The number of hydrogen-bond donors (Lipinski definition) is 2. The second-order valence-corrected chi connectivity index (χ2v) is 4.40. The highest BCUT2D eigenvalue weighted by molar-refractivity contribution is 5.86. The first-order valence-corrected chi connectivity index (χ1v) is 6.38. The van der Waals surface area contributed by atoms with Gasteiger partial charge in [0.2, 0.25) is 0 Å². The van der Waals surface area contributed by atoms with Crippen molar-refractivity contribution in [2.45, 2.75) is 32.4 Å². The number of rotatable bonds is 6. The van der Waals surface area contributed by atoms with Crippen molar-refractivity contribution in [2.75, 3.05) is 6.61 Å². The zero-order valence-electron chi connectivity index (χ0n) is 11.4. The van der Waals surface area contributed by atoms with Crippen LogP contribution in [0.3, 0.4) is 0 Å². The summed E-state index contributed by atoms with van der Waals surface area (Å²) in [6, 6.07) is 8.43. The SMILES string of the molecule is CCOC(=O)[C@H](Cc1ccccc1)NC(=O)[C@H](C)[NH3+]. The van der Waals surface area contributed by atoms with Gasteiger partial charge in [-0.25, -0.2) is 4.79 Å². The van der Waals surface area contributed by atoms with Crippen LogP contribution in [0.4, 0.5) is 0 Å². The number of amides is 1. The molecule has 0 heterocycles. The molecule has 1 aromatic carbocycles. The highest BCUT2D eigenvalue weighted by atomic mass is 16.5. The zero-order valence-corrected chi connectivity index (χ0v) is 11.4. The molecule has 0 fully saturated rings. The minimum atomic E-state index is -0.668. The van der Waals surface area contributed by atoms with E-state index in [1.54, 1.807) is 13.8 Å². The van der Waals surface area contributed by atoms with E-state index >= 15 is 0 Å². The van der Waals surface area contributed by atoms with Crippen molar-refractivity contribution in [3.63, 3.8) is 0 Å². The molecule has 2 atom stereocenters. The lowest BCUT2D eigenvalue weighted by molar-refractivity contribution is -0.398. The monoisotopic (exact) mass is 265 g/mol. The van der Waals surface area contributed by atoms with E-state index < -0.39 is 18.1 Å². The van der Waals surface area contributed by atoms with Gasteiger partial charge in [-0.3, -0.25) is 4.79 Å². The predicted molar refractivity (Wildman–Crippen MR) is 71.1 cm³/mol. The van der Waals surface area contributed by atoms with Crippen LogP contribution in [0.25, 0.3) is 0 Å². The second-order valence-electron chi connectivity index (χ2n) is 4.40. The van der Waals surface area contributed by atoms with Gasteiger partial charge in [-0.1, -0.05) is 30.3 Å². The molecule has 1 aromatic rings. The minimum Gasteiger partial charge on any atom is -0.464 e. The van der Waals surface area contributed by atoms with Crippen molar-refractivity contribution in [1.29, 1.82) is 0 Å². The Labute approximate surface area is 113 Å². The molecule has 19 heavy (non-hydrogen) atoms. The first kappa shape index (κ1) is 15.2. The summed E-state index contributed by atoms with van der Waals surface area (Å²) in [5, 5.41) is 2.67. The van der Waals surface area contributed by atoms with Crippen molar-refractivity contribution < 1.29 is 20.1 Å². The lowest BCUT2D eigenvalue weighted by Crippen LogP contribution is -2.67. The van der Waals surface area contributed by atoms with E-state index in [9.17, 15) is 9.59 Å². The molecule has 0 saturated carbocycles. The van der Waals surface area contributed by atoms with Crippen molar-refractivity contribution in [3.05, 3.63) is 35.9 Å². The smallest absolute Gasteiger partial charge is 0.328 e. The molecule has 0 aliphatic carbocycles. The summed E-state index contributed by atoms with van der Waals surface area (Å²) in [5.41, 5.74) is 4.61. The van der Waals surface area contributed by atoms with Crippen LogP contribution in [0.5, 0.6) is 0 Å². The van der Waals surface area contributed by atoms with E-state index in [2.05, 4.69) is 11.1 Å². The highest BCUT2D eigenvalue weighted by Gasteiger charge is 2.24. The van der Waals surface area contributed by atoms with Crippen LogP contribution in [0.1, 0.15) is 19.4 Å². The molecular weight excluding hydrogens is 244 g/mol. The largest absolute Gasteiger partial charge is 0.464 e. The first-order chi connectivity index (χ1) is 9.04. The van der Waals surface area contributed by atoms with E-state index in [0.717, 1.165) is 5.56 Å². The van der Waals surface area contributed by atoms with Gasteiger partial charge in [0.05, 0.1) is 6.61 Å². The minimum absolute atomic E-state index is 0.256. The standard InChI is InChI=1S/C14H20N2O3/c1-3-19-14(18)12(16-13(17)10(2)15)9-11-7-5-4-6-8-11/h4-8,10,12H,3,9,15H2,1-2H3,(H,16,17)/p+1/t10-,12-/m0/s1. The second kappa shape index (κ2) is 7.53. The fourth-order valence-electron chi connectivity index (χ4n) is 1.60. The van der Waals surface area contributed by atoms with Gasteiger partial charge in [0, 0.05) is 6.42 Å². The first-order valence-electron chi connectivity index (χ1n) is 6.38. The van der Waals surface area contributed by atoms with Gasteiger partial charge in [-0.2, -0.15) is 0 Å². The van der Waals surface area contributed by atoms with E-state index in [1.165, 1.54) is 0 Å². The number of nitrogens with one attached hydrogen (secondary N) is 1. The van der Waals surface area contributed by atoms with Crippen LogP contribution in [0.2, 0.25) is 0 Å². The maximum Gasteiger partial charge on any atom is 0.328 e. The van der Waals surface area contributed by atoms with E-state index in [-0.39, 0.29) is 5.91 Å². The Bertz CT molecular complexity index is 418. The van der Waals surface area contributed by atoms with Crippen LogP contribution in [0.15, 0.2) is 30.3 Å². The van der Waals surface area contributed by atoms with E-state index in [1.807, 2.05) is 30.3 Å². The number of benzene rings is 1. The number of quaternary nitrogens is 1. The summed E-state index contributed by atoms with van der Waals surface area (Å²) in [4.78, 5) is 23.5. The third-order valence-electron chi connectivity index (χ3n) is 2.62. The molecular formula is C14H21N2O3+. The molecule has 104 valence electrons. The number of carbonyl (C=O) groups excluding carboxylic acids is 2. The number of esters is 1. The summed E-state index contributed by atoms with van der Waals surface area (Å²) in [7, 11) is 0. The van der Waals surface area contributed by atoms with Crippen LogP contribution in [-0.4, -0.2) is 30.6 Å². The zero-order chi connectivity index (χ0) is 14.3. The molecule has 5 heteroatoms. The Morgan fingerprint density at radius 3 is 2.47 bits per heavy atom. The average molecular weight is 265 g/mol. The maximum absolute atomic E-state index is 11.8. The summed E-state index contributed by atoms with van der Waals surface area (Å²) in [6.45, 7) is 3.71. The van der Waals surface area contributed by atoms with E-state index in [0.29, 0.717) is 13.0 Å². The van der Waals surface area contributed by atoms with Crippen molar-refractivity contribution in [2.24, 2.45) is 0 Å². The van der Waals surface area contributed by atoms with E-state index in [4.69, 9.17) is 4.74 Å². The molecule has 1 rings (SSSR count). The van der Waals surface area contributed by atoms with Gasteiger partial charge in [0.25, 0.3) is 5.91 Å². The van der Waals surface area contributed by atoms with Crippen LogP contribution < -0.4 is 11.1 Å². The Kier molecular flexibility index (Phi) is 6.02. The van der Waals surface area contributed by atoms with Gasteiger partial charge >= 0.3 is 5.97 Å². The average Bonchev–Trinajstić information content (AvgIpc) is 2.39. The van der Waals surface area contributed by atoms with Gasteiger partial charge in [-0.05, 0) is 19.4 Å². The van der Waals surface area contributed by atoms with Crippen LogP contribution >= 0.6 is 0 Å². The predicted octanol–water partition coefficient (Wildman–Crippen LogP) is -0.0926. The van der Waals surface area contributed by atoms with Gasteiger partial charge < -0.3 is 15.8 Å². The molecule has 0 spiro atoms. The van der Waals surface area contributed by atoms with Crippen molar-refractivity contribution in [1.82, 2.24) is 5.32 Å². The molecule has 0 aromatic heterocycles. The Balaban J connectivity index is 2.74. The summed E-state index contributed by atoms with van der Waals surface area (Å²) >= 11 is 0. The molecule has 1 amide bonds. The Morgan fingerprint density at radius 1 is 1.32 bits per heavy atom. The maximum atomic E-state index is 11.8. The summed E-state index contributed by atoms with van der Waals surface area (Å²) in [6.07, 6.45) is 0.415. The topological polar surface area (TPSA) is 83.0 Å². The lowest BCUT2D eigenvalue weighted by atomic mass is 10.1. The quantitative estimate of drug-likeness (QED) is 0.705. The summed E-state index contributed by atoms with van der Waals surface area (Å²) < 4.78 is 4.98. The van der Waals surface area contributed by atoms with Crippen molar-refractivity contribution >= 4 is 11.9 Å². The molecule has 5 nitrogen and oxygen atoms in total. The third kappa shape index (κ3) is 5.09. The van der Waals surface area contributed by atoms with Crippen LogP contribution in [0, 0.1) is 0 Å². The van der Waals surface area contributed by atoms with Crippen LogP contribution in [-0.2, 0) is 20.7 Å². The normalized spacial score (nSPS) is 13.4. The lowest BCUT2D eigenvalue weighted by Gasteiger charge is -2.17. The van der Waals surface area contributed by atoms with Gasteiger partial charge in [-0.15, -0.1) is 0 Å². The summed E-state index contributed by atoms with van der Waals surface area (Å²) in [5.74, 6) is -0.672. The number of hydrogen-bond acceptors (Lipinski definition) is 3. The number of ether oxygens (including phenoxy) is 1. The molecule has 0 radical (unpaired) electrons. The molecule has 0 aliphatic rings. The van der Waals surface area contributed by atoms with Crippen molar-refractivity contribution in [3.8, 4) is 0 Å². The molecule has 0 bridgehead atoms. The molecule has 0 saturated heterocycles. The molecule has 0 unspecified atom stereocenters. The van der Waals surface area contributed by atoms with Gasteiger partial charge in [0.15, 0.2) is 6.04 Å². The highest BCUT2D eigenvalue weighted by Crippen LogP contribution is 2.05. The Morgan fingerprint density at radius 2 is 1.95 bits per heavy atom. The fraction of sp³-hybridized carbons (Fsp3) is 0.429. The fourth-order valence-corrected chi connectivity index (χ4v) is 1.60. The number of carbonyl (C=O) groups is 2. The molecule has 4 N–H and O–H groups in total. The Hall–Kier alpha value is -1.88. The van der Waals surface area contributed by atoms with Gasteiger partial charge in [0.1, 0.15) is 6.04 Å². The third-order valence-corrected chi connectivity index (χ3v) is 2.62.